The fourth-order valence-corrected chi connectivity index (χ4v) is 7.98. The number of hydrogen-bond acceptors (Lipinski definition) is 6. The normalized spacial score (nSPS) is 23.5. The molecule has 4 aromatic rings. The molecule has 3 aromatic carbocycles. The van der Waals surface area contributed by atoms with Gasteiger partial charge in [-0.1, -0.05) is 78.9 Å². The van der Waals surface area contributed by atoms with Gasteiger partial charge >= 0.3 is 6.09 Å². The lowest BCUT2D eigenvalue weighted by Gasteiger charge is -2.42. The van der Waals surface area contributed by atoms with Gasteiger partial charge in [-0.3, -0.25) is 9.69 Å². The van der Waals surface area contributed by atoms with E-state index in [4.69, 9.17) is 14.2 Å². The minimum atomic E-state index is -0.914. The summed E-state index contributed by atoms with van der Waals surface area (Å²) in [4.78, 5) is 31.5. The van der Waals surface area contributed by atoms with E-state index < -0.39 is 17.1 Å². The van der Waals surface area contributed by atoms with Gasteiger partial charge in [0.1, 0.15) is 11.4 Å². The molecule has 0 spiro atoms. The molecule has 234 valence electrons. The van der Waals surface area contributed by atoms with Crippen molar-refractivity contribution in [3.8, 4) is 0 Å². The highest BCUT2D eigenvalue weighted by Gasteiger charge is 2.59. The van der Waals surface area contributed by atoms with E-state index in [9.17, 15) is 9.59 Å². The number of para-hydroxylation sites is 1. The first-order valence-electron chi connectivity index (χ1n) is 16.2. The number of rotatable bonds is 8. The Hall–Kier alpha value is -3.78. The Morgan fingerprint density at radius 3 is 2.02 bits per heavy atom. The van der Waals surface area contributed by atoms with Crippen LogP contribution in [-0.2, 0) is 37.6 Å². The summed E-state index contributed by atoms with van der Waals surface area (Å²) >= 11 is 0. The van der Waals surface area contributed by atoms with Gasteiger partial charge in [-0.25, -0.2) is 9.36 Å². The number of fused-ring (bicyclic) bond motifs is 4. The van der Waals surface area contributed by atoms with Gasteiger partial charge in [-0.2, -0.15) is 0 Å². The van der Waals surface area contributed by atoms with E-state index in [0.29, 0.717) is 19.6 Å². The molecule has 1 aromatic heterocycles. The van der Waals surface area contributed by atoms with Crippen LogP contribution in [0.3, 0.4) is 0 Å². The zero-order valence-corrected chi connectivity index (χ0v) is 26.4. The minimum absolute atomic E-state index is 0.101. The Morgan fingerprint density at radius 1 is 0.822 bits per heavy atom. The summed E-state index contributed by atoms with van der Waals surface area (Å²) in [6, 6.07) is 28.1. The maximum absolute atomic E-state index is 14.7. The summed E-state index contributed by atoms with van der Waals surface area (Å²) in [6.45, 7) is 8.61. The maximum Gasteiger partial charge on any atom is 0.419 e. The molecular weight excluding hydrogens is 564 g/mol. The van der Waals surface area contributed by atoms with Gasteiger partial charge in [-0.15, -0.1) is 0 Å². The largest absolute Gasteiger partial charge is 0.443 e. The van der Waals surface area contributed by atoms with Gasteiger partial charge < -0.3 is 14.2 Å². The fourth-order valence-electron chi connectivity index (χ4n) is 7.98. The van der Waals surface area contributed by atoms with E-state index in [2.05, 4.69) is 11.0 Å². The molecule has 1 unspecified atom stereocenters. The van der Waals surface area contributed by atoms with Gasteiger partial charge in [0.2, 0.25) is 0 Å². The lowest BCUT2D eigenvalue weighted by Crippen LogP contribution is -2.51. The number of benzene rings is 3. The number of carbonyl (C=O) groups excluding carboxylic acids is 2. The van der Waals surface area contributed by atoms with E-state index in [1.54, 1.807) is 4.57 Å². The van der Waals surface area contributed by atoms with Crippen molar-refractivity contribution < 1.29 is 23.8 Å². The number of ketones is 1. The number of ether oxygens (including phenoxy) is 3. The lowest BCUT2D eigenvalue weighted by atomic mass is 9.69. The maximum atomic E-state index is 14.7. The SMILES string of the molecule is CC(C)(C)OC(=O)n1c2c(c3ccccc31)[C@@H]1[C@@H]3CCN1CC[C@H](C3=O)C2(COCc1ccccc1)COCc1ccccc1. The number of carbonyl (C=O) groups is 2. The topological polar surface area (TPSA) is 70.0 Å². The van der Waals surface area contributed by atoms with E-state index in [-0.39, 0.29) is 36.9 Å². The summed E-state index contributed by atoms with van der Waals surface area (Å²) in [5, 5.41) is 0.992. The summed E-state index contributed by atoms with van der Waals surface area (Å²) in [7, 11) is 0. The second kappa shape index (κ2) is 11.9. The Morgan fingerprint density at radius 2 is 1.40 bits per heavy atom. The standard InChI is InChI=1S/C38H42N2O5/c1-37(2,3)45-36(42)40-31-17-11-10-16-28(31)32-33-29-18-20-39(33)21-19-30(34(29)41)38(35(32)40,24-43-22-26-12-6-4-7-13-26)25-44-23-27-14-8-5-9-15-27/h4-17,29-30,33H,18-25H2,1-3H3/t29-,30+,33-/m0/s1. The van der Waals surface area contributed by atoms with Crippen LogP contribution in [0.5, 0.6) is 0 Å². The van der Waals surface area contributed by atoms with Gasteiger partial charge in [-0.05, 0) is 63.9 Å². The summed E-state index contributed by atoms with van der Waals surface area (Å²) in [6.07, 6.45) is 1.06. The highest BCUT2D eigenvalue weighted by atomic mass is 16.6. The molecule has 7 heteroatoms. The fraction of sp³-hybridized carbons (Fsp3) is 0.421. The van der Waals surface area contributed by atoms with Crippen LogP contribution < -0.4 is 0 Å². The first-order chi connectivity index (χ1) is 21.8. The van der Waals surface area contributed by atoms with Crippen LogP contribution in [0.1, 0.15) is 62.0 Å². The van der Waals surface area contributed by atoms with Gasteiger partial charge in [0, 0.05) is 34.5 Å². The summed E-state index contributed by atoms with van der Waals surface area (Å²) in [5.41, 5.74) is 3.16. The predicted octanol–water partition coefficient (Wildman–Crippen LogP) is 7.06. The van der Waals surface area contributed by atoms with E-state index in [1.165, 1.54) is 0 Å². The van der Waals surface area contributed by atoms with Crippen molar-refractivity contribution in [3.05, 3.63) is 107 Å². The Balaban J connectivity index is 1.43. The van der Waals surface area contributed by atoms with Crippen molar-refractivity contribution in [3.63, 3.8) is 0 Å². The van der Waals surface area contributed by atoms with Crippen molar-refractivity contribution >= 4 is 22.8 Å². The summed E-state index contributed by atoms with van der Waals surface area (Å²) < 4.78 is 21.1. The zero-order chi connectivity index (χ0) is 31.2. The second-order valence-electron chi connectivity index (χ2n) is 13.8. The number of Topliss-reactive ketones (excluding diaryl/α,β-unsaturated/α-hetero) is 1. The highest BCUT2D eigenvalue weighted by Crippen LogP contribution is 2.56. The molecule has 0 amide bonds. The average Bonchev–Trinajstić information content (AvgIpc) is 3.53. The quantitative estimate of drug-likeness (QED) is 0.214. The number of nitrogens with zero attached hydrogens (tertiary/aromatic N) is 2. The molecule has 45 heavy (non-hydrogen) atoms. The molecule has 4 atom stereocenters. The van der Waals surface area contributed by atoms with E-state index >= 15 is 0 Å². The van der Waals surface area contributed by atoms with Crippen molar-refractivity contribution in [2.24, 2.45) is 11.8 Å². The monoisotopic (exact) mass is 606 g/mol. The molecule has 7 nitrogen and oxygen atoms in total. The van der Waals surface area contributed by atoms with Crippen LogP contribution in [0.15, 0.2) is 84.9 Å². The van der Waals surface area contributed by atoms with E-state index in [1.807, 2.05) is 99.6 Å². The van der Waals surface area contributed by atoms with Crippen LogP contribution in [-0.4, -0.2) is 53.2 Å². The molecular formula is C38H42N2O5. The van der Waals surface area contributed by atoms with Crippen molar-refractivity contribution in [1.29, 1.82) is 0 Å². The smallest absolute Gasteiger partial charge is 0.419 e. The highest BCUT2D eigenvalue weighted by molar-refractivity contribution is 5.98. The molecule has 0 saturated carbocycles. The molecule has 0 radical (unpaired) electrons. The zero-order valence-electron chi connectivity index (χ0n) is 26.4. The second-order valence-corrected chi connectivity index (χ2v) is 13.8. The van der Waals surface area contributed by atoms with E-state index in [0.717, 1.165) is 52.8 Å². The van der Waals surface area contributed by atoms with Crippen LogP contribution in [0.2, 0.25) is 0 Å². The molecule has 4 bridgehead atoms. The third-order valence-electron chi connectivity index (χ3n) is 9.78. The Labute approximate surface area is 265 Å². The lowest BCUT2D eigenvalue weighted by molar-refractivity contribution is -0.132. The van der Waals surface area contributed by atoms with Gasteiger partial charge in [0.25, 0.3) is 0 Å². The number of hydrogen-bond donors (Lipinski definition) is 0. The first-order valence-corrected chi connectivity index (χ1v) is 16.2. The molecule has 3 heterocycles. The average molecular weight is 607 g/mol. The van der Waals surface area contributed by atoms with Crippen molar-refractivity contribution in [2.45, 2.75) is 63.9 Å². The van der Waals surface area contributed by atoms with Gasteiger partial charge in [0.15, 0.2) is 0 Å². The minimum Gasteiger partial charge on any atom is -0.443 e. The van der Waals surface area contributed by atoms with Gasteiger partial charge in [0.05, 0.1) is 37.4 Å². The Bertz CT molecular complexity index is 1640. The molecule has 1 aliphatic carbocycles. The molecule has 3 aliphatic rings. The van der Waals surface area contributed by atoms with Crippen LogP contribution in [0.4, 0.5) is 4.79 Å². The Kier molecular flexibility index (Phi) is 7.88. The first kappa shape index (κ1) is 29.9. The third-order valence-corrected chi connectivity index (χ3v) is 9.78. The molecule has 0 N–H and O–H groups in total. The molecule has 2 fully saturated rings. The van der Waals surface area contributed by atoms with Crippen molar-refractivity contribution in [2.75, 3.05) is 26.3 Å². The van der Waals surface area contributed by atoms with Crippen LogP contribution in [0, 0.1) is 11.8 Å². The van der Waals surface area contributed by atoms with Crippen molar-refractivity contribution in [1.82, 2.24) is 9.47 Å². The predicted molar refractivity (Wildman–Crippen MR) is 173 cm³/mol. The molecule has 2 saturated heterocycles. The summed E-state index contributed by atoms with van der Waals surface area (Å²) in [5.74, 6) is -0.254. The molecule has 7 rings (SSSR count). The number of aromatic nitrogens is 1. The molecule has 2 aliphatic heterocycles. The van der Waals surface area contributed by atoms with Crippen LogP contribution >= 0.6 is 0 Å². The van der Waals surface area contributed by atoms with Crippen LogP contribution in [0.25, 0.3) is 10.9 Å². The third kappa shape index (κ3) is 5.41.